The van der Waals surface area contributed by atoms with E-state index in [0.29, 0.717) is 6.54 Å². The Hall–Kier alpha value is -1.38. The topological polar surface area (TPSA) is 20.3 Å². The number of nitrogens with zero attached hydrogens (tertiary/aromatic N) is 1. The van der Waals surface area contributed by atoms with Crippen molar-refractivity contribution in [2.45, 2.75) is 65.2 Å². The molecule has 0 fully saturated rings. The largest absolute Gasteiger partial charge is 0.339 e. The van der Waals surface area contributed by atoms with Gasteiger partial charge in [0.15, 0.2) is 0 Å². The minimum Gasteiger partial charge on any atom is -0.339 e. The van der Waals surface area contributed by atoms with Crippen molar-refractivity contribution in [1.82, 2.24) is 4.90 Å². The zero-order valence-corrected chi connectivity index (χ0v) is 14.1. The number of rotatable bonds is 11. The van der Waals surface area contributed by atoms with Gasteiger partial charge in [0, 0.05) is 13.1 Å². The molecule has 1 amide bonds. The van der Waals surface area contributed by atoms with Gasteiger partial charge in [0.05, 0.1) is 5.56 Å². The van der Waals surface area contributed by atoms with Crippen molar-refractivity contribution >= 4 is 5.91 Å². The van der Waals surface area contributed by atoms with E-state index in [1.165, 1.54) is 44.6 Å². The van der Waals surface area contributed by atoms with E-state index in [9.17, 15) is 9.18 Å². The maximum atomic E-state index is 13.7. The number of hydrogen-bond donors (Lipinski definition) is 0. The Morgan fingerprint density at radius 1 is 0.955 bits per heavy atom. The van der Waals surface area contributed by atoms with Crippen LogP contribution < -0.4 is 0 Å². The molecule has 0 aliphatic heterocycles. The summed E-state index contributed by atoms with van der Waals surface area (Å²) in [4.78, 5) is 14.1. The molecule has 22 heavy (non-hydrogen) atoms. The van der Waals surface area contributed by atoms with Crippen molar-refractivity contribution in [3.05, 3.63) is 35.6 Å². The van der Waals surface area contributed by atoms with Crippen molar-refractivity contribution < 1.29 is 9.18 Å². The van der Waals surface area contributed by atoms with E-state index in [-0.39, 0.29) is 11.5 Å². The lowest BCUT2D eigenvalue weighted by molar-refractivity contribution is 0.0756. The summed E-state index contributed by atoms with van der Waals surface area (Å²) >= 11 is 0. The van der Waals surface area contributed by atoms with Crippen molar-refractivity contribution in [1.29, 1.82) is 0 Å². The summed E-state index contributed by atoms with van der Waals surface area (Å²) in [6.45, 7) is 5.53. The molecule has 2 nitrogen and oxygen atoms in total. The summed E-state index contributed by atoms with van der Waals surface area (Å²) in [6.07, 6.45) is 9.94. The lowest BCUT2D eigenvalue weighted by Crippen LogP contribution is -2.32. The molecular weight excluding hydrogens is 277 g/mol. The Morgan fingerprint density at radius 3 is 2.14 bits per heavy atom. The van der Waals surface area contributed by atoms with E-state index in [1.54, 1.807) is 23.1 Å². The quantitative estimate of drug-likeness (QED) is 0.499. The average molecular weight is 307 g/mol. The Morgan fingerprint density at radius 2 is 1.55 bits per heavy atom. The van der Waals surface area contributed by atoms with Crippen LogP contribution in [0.3, 0.4) is 0 Å². The van der Waals surface area contributed by atoms with E-state index in [2.05, 4.69) is 6.92 Å². The van der Waals surface area contributed by atoms with Crippen LogP contribution in [0.4, 0.5) is 4.39 Å². The smallest absolute Gasteiger partial charge is 0.256 e. The van der Waals surface area contributed by atoms with Crippen molar-refractivity contribution in [2.24, 2.45) is 0 Å². The fraction of sp³-hybridized carbons (Fsp3) is 0.632. The number of amides is 1. The Balaban J connectivity index is 2.28. The lowest BCUT2D eigenvalue weighted by Gasteiger charge is -2.21. The van der Waals surface area contributed by atoms with E-state index < -0.39 is 5.82 Å². The Kier molecular flexibility index (Phi) is 9.52. The minimum atomic E-state index is -0.429. The number of benzene rings is 1. The fourth-order valence-electron chi connectivity index (χ4n) is 2.64. The van der Waals surface area contributed by atoms with E-state index in [0.717, 1.165) is 19.4 Å². The van der Waals surface area contributed by atoms with Crippen LogP contribution in [0.5, 0.6) is 0 Å². The first-order chi connectivity index (χ1) is 10.7. The monoisotopic (exact) mass is 307 g/mol. The van der Waals surface area contributed by atoms with Gasteiger partial charge in [-0.1, -0.05) is 64.0 Å². The molecular formula is C19H30FNO. The second-order valence-corrected chi connectivity index (χ2v) is 5.84. The van der Waals surface area contributed by atoms with Gasteiger partial charge in [-0.3, -0.25) is 4.79 Å². The fourth-order valence-corrected chi connectivity index (χ4v) is 2.64. The van der Waals surface area contributed by atoms with Gasteiger partial charge in [-0.15, -0.1) is 0 Å². The molecule has 0 aliphatic rings. The highest BCUT2D eigenvalue weighted by molar-refractivity contribution is 5.94. The Bertz CT molecular complexity index is 433. The molecule has 0 aliphatic carbocycles. The Labute approximate surface area is 134 Å². The molecule has 0 unspecified atom stereocenters. The highest BCUT2D eigenvalue weighted by Gasteiger charge is 2.16. The first kappa shape index (κ1) is 18.7. The van der Waals surface area contributed by atoms with Crippen LogP contribution in [0.1, 0.15) is 75.6 Å². The summed E-state index contributed by atoms with van der Waals surface area (Å²) in [5, 5.41) is 0. The van der Waals surface area contributed by atoms with Gasteiger partial charge >= 0.3 is 0 Å². The molecule has 0 radical (unpaired) electrons. The van der Waals surface area contributed by atoms with Crippen LogP contribution in [0.25, 0.3) is 0 Å². The van der Waals surface area contributed by atoms with Gasteiger partial charge in [0.1, 0.15) is 5.82 Å². The second-order valence-electron chi connectivity index (χ2n) is 5.84. The van der Waals surface area contributed by atoms with Gasteiger partial charge in [0.2, 0.25) is 0 Å². The highest BCUT2D eigenvalue weighted by Crippen LogP contribution is 2.12. The molecule has 0 N–H and O–H groups in total. The molecule has 0 atom stereocenters. The van der Waals surface area contributed by atoms with Gasteiger partial charge < -0.3 is 4.90 Å². The summed E-state index contributed by atoms with van der Waals surface area (Å²) in [6, 6.07) is 6.23. The number of hydrogen-bond acceptors (Lipinski definition) is 1. The molecule has 0 heterocycles. The van der Waals surface area contributed by atoms with Gasteiger partial charge in [-0.05, 0) is 25.5 Å². The summed E-state index contributed by atoms with van der Waals surface area (Å²) < 4.78 is 13.7. The third kappa shape index (κ3) is 6.59. The van der Waals surface area contributed by atoms with Gasteiger partial charge in [-0.25, -0.2) is 4.39 Å². The third-order valence-electron chi connectivity index (χ3n) is 4.05. The van der Waals surface area contributed by atoms with Crippen LogP contribution in [-0.2, 0) is 0 Å². The zero-order valence-electron chi connectivity index (χ0n) is 14.1. The van der Waals surface area contributed by atoms with E-state index in [1.807, 2.05) is 6.92 Å². The van der Waals surface area contributed by atoms with Crippen LogP contribution in [0.2, 0.25) is 0 Å². The predicted octanol–water partition coefficient (Wildman–Crippen LogP) is 5.43. The summed E-state index contributed by atoms with van der Waals surface area (Å²) in [7, 11) is 0. The second kappa shape index (κ2) is 11.2. The molecule has 1 aromatic carbocycles. The maximum absolute atomic E-state index is 13.7. The molecule has 3 heteroatoms. The van der Waals surface area contributed by atoms with Gasteiger partial charge in [0.25, 0.3) is 5.91 Å². The highest BCUT2D eigenvalue weighted by atomic mass is 19.1. The average Bonchev–Trinajstić information content (AvgIpc) is 2.53. The third-order valence-corrected chi connectivity index (χ3v) is 4.05. The first-order valence-corrected chi connectivity index (χ1v) is 8.74. The van der Waals surface area contributed by atoms with Crippen LogP contribution in [0, 0.1) is 5.82 Å². The predicted molar refractivity (Wildman–Crippen MR) is 90.6 cm³/mol. The maximum Gasteiger partial charge on any atom is 0.256 e. The van der Waals surface area contributed by atoms with Gasteiger partial charge in [-0.2, -0.15) is 0 Å². The van der Waals surface area contributed by atoms with Crippen LogP contribution in [0.15, 0.2) is 24.3 Å². The molecule has 0 saturated carbocycles. The summed E-state index contributed by atoms with van der Waals surface area (Å²) in [5.41, 5.74) is 0.184. The molecule has 1 rings (SSSR count). The first-order valence-electron chi connectivity index (χ1n) is 8.74. The van der Waals surface area contributed by atoms with Crippen molar-refractivity contribution in [3.63, 3.8) is 0 Å². The zero-order chi connectivity index (χ0) is 16.2. The molecule has 0 spiro atoms. The van der Waals surface area contributed by atoms with E-state index >= 15 is 0 Å². The lowest BCUT2D eigenvalue weighted by atomic mass is 10.1. The van der Waals surface area contributed by atoms with E-state index in [4.69, 9.17) is 0 Å². The standard InChI is InChI=1S/C19H30FNO/c1-3-5-6-7-8-9-10-13-16-21(4-2)19(22)17-14-11-12-15-18(17)20/h11-12,14-15H,3-10,13,16H2,1-2H3. The number of carbonyl (C=O) groups excluding carboxylic acids is 1. The molecule has 0 aromatic heterocycles. The van der Waals surface area contributed by atoms with Crippen molar-refractivity contribution in [2.75, 3.05) is 13.1 Å². The molecule has 0 saturated heterocycles. The number of unbranched alkanes of at least 4 members (excludes halogenated alkanes) is 7. The molecule has 0 bridgehead atoms. The number of carbonyl (C=O) groups is 1. The number of halogens is 1. The normalized spacial score (nSPS) is 10.7. The molecule has 1 aromatic rings. The van der Waals surface area contributed by atoms with Crippen LogP contribution >= 0.6 is 0 Å². The summed E-state index contributed by atoms with van der Waals surface area (Å²) in [5.74, 6) is -0.620. The van der Waals surface area contributed by atoms with Crippen molar-refractivity contribution in [3.8, 4) is 0 Å². The van der Waals surface area contributed by atoms with Crippen LogP contribution in [-0.4, -0.2) is 23.9 Å². The SMILES string of the molecule is CCCCCCCCCCN(CC)C(=O)c1ccccc1F. The minimum absolute atomic E-state index is 0.184. The molecule has 124 valence electrons.